The summed E-state index contributed by atoms with van der Waals surface area (Å²) in [6.07, 6.45) is 3.38. The van der Waals surface area contributed by atoms with Gasteiger partial charge in [-0.05, 0) is 29.8 Å². The molecule has 0 atom stereocenters. The molecule has 0 aliphatic carbocycles. The summed E-state index contributed by atoms with van der Waals surface area (Å²) in [5.41, 5.74) is 3.43. The average Bonchev–Trinajstić information content (AvgIpc) is 3.22. The van der Waals surface area contributed by atoms with Gasteiger partial charge >= 0.3 is 0 Å². The molecule has 0 aliphatic rings. The molecule has 4 nitrogen and oxygen atoms in total. The first kappa shape index (κ1) is 19.0. The number of benzene rings is 3. The molecular weight excluding hydrogens is 385 g/mol. The van der Waals surface area contributed by atoms with E-state index in [1.54, 1.807) is 29.1 Å². The van der Waals surface area contributed by atoms with Gasteiger partial charge < -0.3 is 5.32 Å². The van der Waals surface area contributed by atoms with Gasteiger partial charge in [0.2, 0.25) is 5.91 Å². The number of halogens is 1. The van der Waals surface area contributed by atoms with Gasteiger partial charge in [0.1, 0.15) is 5.82 Å². The minimum atomic E-state index is -0.317. The smallest absolute Gasteiger partial charge is 0.234 e. The van der Waals surface area contributed by atoms with Crippen molar-refractivity contribution in [3.8, 4) is 16.8 Å². The van der Waals surface area contributed by atoms with Gasteiger partial charge in [-0.25, -0.2) is 9.37 Å². The van der Waals surface area contributed by atoms with Crippen molar-refractivity contribution in [1.29, 1.82) is 0 Å². The molecule has 0 unspecified atom stereocenters. The van der Waals surface area contributed by atoms with E-state index in [0.717, 1.165) is 16.8 Å². The van der Waals surface area contributed by atoms with Crippen molar-refractivity contribution in [2.45, 2.75) is 5.16 Å². The molecule has 1 heterocycles. The van der Waals surface area contributed by atoms with Crippen molar-refractivity contribution in [3.63, 3.8) is 0 Å². The molecule has 0 radical (unpaired) electrons. The van der Waals surface area contributed by atoms with Crippen molar-refractivity contribution in [1.82, 2.24) is 9.55 Å². The van der Waals surface area contributed by atoms with E-state index in [-0.39, 0.29) is 17.5 Å². The molecule has 6 heteroatoms. The first-order chi connectivity index (χ1) is 14.2. The second-order valence-electron chi connectivity index (χ2n) is 6.31. The number of amides is 1. The zero-order valence-corrected chi connectivity index (χ0v) is 16.3. The van der Waals surface area contributed by atoms with E-state index >= 15 is 0 Å². The summed E-state index contributed by atoms with van der Waals surface area (Å²) in [4.78, 5) is 16.9. The van der Waals surface area contributed by atoms with Gasteiger partial charge in [-0.1, -0.05) is 66.4 Å². The Morgan fingerprint density at radius 1 is 1.00 bits per heavy atom. The number of carbonyl (C=O) groups is 1. The number of imidazole rings is 1. The van der Waals surface area contributed by atoms with Crippen LogP contribution in [0, 0.1) is 5.82 Å². The molecule has 144 valence electrons. The van der Waals surface area contributed by atoms with Gasteiger partial charge in [-0.15, -0.1) is 0 Å². The number of carbonyl (C=O) groups excluding carboxylic acids is 1. The molecule has 3 aromatic carbocycles. The molecule has 29 heavy (non-hydrogen) atoms. The number of nitrogens with zero attached hydrogens (tertiary/aromatic N) is 2. The van der Waals surface area contributed by atoms with E-state index in [0.29, 0.717) is 10.8 Å². The van der Waals surface area contributed by atoms with Crippen LogP contribution in [0.25, 0.3) is 16.8 Å². The topological polar surface area (TPSA) is 46.9 Å². The first-order valence-electron chi connectivity index (χ1n) is 9.07. The van der Waals surface area contributed by atoms with Crippen molar-refractivity contribution in [2.75, 3.05) is 11.1 Å². The Labute approximate surface area is 172 Å². The summed E-state index contributed by atoms with van der Waals surface area (Å²) in [6.45, 7) is 0. The number of thioether (sulfide) groups is 1. The van der Waals surface area contributed by atoms with E-state index in [1.807, 2.05) is 54.6 Å². The van der Waals surface area contributed by atoms with E-state index in [1.165, 1.54) is 23.9 Å². The number of anilines is 1. The fraction of sp³-hybridized carbons (Fsp3) is 0.0435. The monoisotopic (exact) mass is 403 g/mol. The number of hydrogen-bond donors (Lipinski definition) is 1. The van der Waals surface area contributed by atoms with Crippen LogP contribution in [0.4, 0.5) is 10.1 Å². The van der Waals surface area contributed by atoms with E-state index in [2.05, 4.69) is 10.3 Å². The highest BCUT2D eigenvalue weighted by Crippen LogP contribution is 2.28. The number of rotatable bonds is 6. The van der Waals surface area contributed by atoms with Crippen molar-refractivity contribution >= 4 is 23.4 Å². The van der Waals surface area contributed by atoms with Gasteiger partial charge in [-0.2, -0.15) is 0 Å². The van der Waals surface area contributed by atoms with Crippen molar-refractivity contribution in [2.24, 2.45) is 0 Å². The first-order valence-corrected chi connectivity index (χ1v) is 10.1. The zero-order chi connectivity index (χ0) is 20.1. The van der Waals surface area contributed by atoms with Crippen LogP contribution in [-0.2, 0) is 4.79 Å². The Balaban J connectivity index is 1.46. The van der Waals surface area contributed by atoms with Crippen LogP contribution in [-0.4, -0.2) is 21.2 Å². The van der Waals surface area contributed by atoms with Crippen LogP contribution in [0.1, 0.15) is 0 Å². The number of nitrogens with one attached hydrogen (secondary N) is 1. The largest absolute Gasteiger partial charge is 0.325 e. The number of para-hydroxylation sites is 1. The second-order valence-corrected chi connectivity index (χ2v) is 7.25. The Bertz CT molecular complexity index is 1130. The van der Waals surface area contributed by atoms with Crippen LogP contribution in [0.5, 0.6) is 0 Å². The van der Waals surface area contributed by atoms with Crippen LogP contribution in [0.15, 0.2) is 96.4 Å². The lowest BCUT2D eigenvalue weighted by Crippen LogP contribution is -2.15. The minimum Gasteiger partial charge on any atom is -0.325 e. The zero-order valence-electron chi connectivity index (χ0n) is 15.5. The molecule has 0 fully saturated rings. The molecule has 4 aromatic rings. The lowest BCUT2D eigenvalue weighted by molar-refractivity contribution is -0.113. The van der Waals surface area contributed by atoms with Crippen LogP contribution >= 0.6 is 11.8 Å². The number of aromatic nitrogens is 2. The molecule has 0 spiro atoms. The molecule has 0 bridgehead atoms. The van der Waals surface area contributed by atoms with Gasteiger partial charge in [0.05, 0.1) is 11.4 Å². The third-order valence-corrected chi connectivity index (χ3v) is 5.28. The van der Waals surface area contributed by atoms with Crippen molar-refractivity contribution in [3.05, 3.63) is 97.1 Å². The van der Waals surface area contributed by atoms with Gasteiger partial charge in [-0.3, -0.25) is 9.36 Å². The third-order valence-electron chi connectivity index (χ3n) is 4.31. The van der Waals surface area contributed by atoms with E-state index < -0.39 is 0 Å². The predicted octanol–water partition coefficient (Wildman–Crippen LogP) is 5.41. The quantitative estimate of drug-likeness (QED) is 0.438. The highest BCUT2D eigenvalue weighted by Gasteiger charge is 2.12. The SMILES string of the molecule is O=C(CSc1nccn1-c1cccc(F)c1)Nc1ccccc1-c1ccccc1. The Morgan fingerprint density at radius 3 is 2.62 bits per heavy atom. The normalized spacial score (nSPS) is 10.7. The van der Waals surface area contributed by atoms with E-state index in [9.17, 15) is 9.18 Å². The molecule has 0 saturated carbocycles. The summed E-state index contributed by atoms with van der Waals surface area (Å²) in [5.74, 6) is -0.260. The van der Waals surface area contributed by atoms with Crippen LogP contribution < -0.4 is 5.32 Å². The lowest BCUT2D eigenvalue weighted by atomic mass is 10.0. The highest BCUT2D eigenvalue weighted by atomic mass is 32.2. The molecule has 1 aromatic heterocycles. The molecule has 0 saturated heterocycles. The highest BCUT2D eigenvalue weighted by molar-refractivity contribution is 7.99. The van der Waals surface area contributed by atoms with Gasteiger partial charge in [0.25, 0.3) is 0 Å². The predicted molar refractivity (Wildman–Crippen MR) is 115 cm³/mol. The fourth-order valence-corrected chi connectivity index (χ4v) is 3.77. The molecule has 0 aliphatic heterocycles. The molecule has 1 amide bonds. The Kier molecular flexibility index (Phi) is 5.72. The summed E-state index contributed by atoms with van der Waals surface area (Å²) >= 11 is 1.30. The fourth-order valence-electron chi connectivity index (χ4n) is 3.00. The number of hydrogen-bond acceptors (Lipinski definition) is 3. The Morgan fingerprint density at radius 2 is 1.79 bits per heavy atom. The van der Waals surface area contributed by atoms with Crippen LogP contribution in [0.3, 0.4) is 0 Å². The Hall–Kier alpha value is -3.38. The minimum absolute atomic E-state index is 0.132. The second kappa shape index (κ2) is 8.75. The third kappa shape index (κ3) is 4.55. The van der Waals surface area contributed by atoms with Gasteiger partial charge in [0, 0.05) is 23.6 Å². The van der Waals surface area contributed by atoms with E-state index in [4.69, 9.17) is 0 Å². The summed E-state index contributed by atoms with van der Waals surface area (Å²) in [7, 11) is 0. The maximum absolute atomic E-state index is 13.5. The van der Waals surface area contributed by atoms with Crippen LogP contribution in [0.2, 0.25) is 0 Å². The summed E-state index contributed by atoms with van der Waals surface area (Å²) in [6, 6.07) is 23.9. The maximum atomic E-state index is 13.5. The lowest BCUT2D eigenvalue weighted by Gasteiger charge is -2.11. The molecule has 1 N–H and O–H groups in total. The summed E-state index contributed by atoms with van der Waals surface area (Å²) in [5, 5.41) is 3.61. The molecule has 4 rings (SSSR count). The van der Waals surface area contributed by atoms with Gasteiger partial charge in [0.15, 0.2) is 5.16 Å². The maximum Gasteiger partial charge on any atom is 0.234 e. The summed E-state index contributed by atoms with van der Waals surface area (Å²) < 4.78 is 15.3. The van der Waals surface area contributed by atoms with Crippen molar-refractivity contribution < 1.29 is 9.18 Å². The molecular formula is C23H18FN3OS. The standard InChI is InChI=1S/C23H18FN3OS/c24-18-9-6-10-19(15-18)27-14-13-25-23(27)29-16-22(28)26-21-12-5-4-11-20(21)17-7-2-1-3-8-17/h1-15H,16H2,(H,26,28). The average molecular weight is 403 g/mol.